The predicted molar refractivity (Wildman–Crippen MR) is 88.1 cm³/mol. The molecule has 3 rings (SSSR count). The van der Waals surface area contributed by atoms with Crippen molar-refractivity contribution in [3.8, 4) is 0 Å². The first-order valence-corrected chi connectivity index (χ1v) is 7.07. The van der Waals surface area contributed by atoms with E-state index in [1.165, 1.54) is 19.1 Å². The molecule has 1 amide bonds. The fraction of sp³-hybridized carbons (Fsp3) is 0.0556. The van der Waals surface area contributed by atoms with E-state index < -0.39 is 0 Å². The lowest BCUT2D eigenvalue weighted by Gasteiger charge is -2.03. The highest BCUT2D eigenvalue weighted by atomic mass is 16.3. The summed E-state index contributed by atoms with van der Waals surface area (Å²) in [6, 6.07) is 14.1. The summed E-state index contributed by atoms with van der Waals surface area (Å²) in [5.41, 5.74) is 2.51. The van der Waals surface area contributed by atoms with E-state index in [2.05, 4.69) is 10.3 Å². The molecule has 0 radical (unpaired) electrons. The summed E-state index contributed by atoms with van der Waals surface area (Å²) < 4.78 is 5.50. The quantitative estimate of drug-likeness (QED) is 0.589. The maximum Gasteiger partial charge on any atom is 0.248 e. The summed E-state index contributed by atoms with van der Waals surface area (Å²) in [4.78, 5) is 27.5. The van der Waals surface area contributed by atoms with Gasteiger partial charge in [0.1, 0.15) is 5.52 Å². The van der Waals surface area contributed by atoms with Crippen LogP contribution in [0.4, 0.5) is 5.69 Å². The second kappa shape index (κ2) is 6.27. The zero-order valence-electron chi connectivity index (χ0n) is 12.4. The topological polar surface area (TPSA) is 72.2 Å². The first kappa shape index (κ1) is 14.7. The average molecular weight is 306 g/mol. The molecule has 0 aliphatic heterocycles. The van der Waals surface area contributed by atoms with E-state index >= 15 is 0 Å². The number of amides is 1. The highest BCUT2D eigenvalue weighted by Crippen LogP contribution is 2.16. The van der Waals surface area contributed by atoms with Crippen LogP contribution in [0.25, 0.3) is 17.2 Å². The van der Waals surface area contributed by atoms with Crippen LogP contribution in [0.3, 0.4) is 0 Å². The van der Waals surface area contributed by atoms with Crippen molar-refractivity contribution in [2.75, 3.05) is 5.32 Å². The van der Waals surface area contributed by atoms with E-state index in [0.29, 0.717) is 22.7 Å². The lowest BCUT2D eigenvalue weighted by Crippen LogP contribution is -2.08. The number of para-hydroxylation sites is 2. The fourth-order valence-electron chi connectivity index (χ4n) is 2.11. The van der Waals surface area contributed by atoms with E-state index in [4.69, 9.17) is 4.42 Å². The third-order valence-electron chi connectivity index (χ3n) is 3.22. The number of rotatable bonds is 4. The summed E-state index contributed by atoms with van der Waals surface area (Å²) in [5.74, 6) is -0.0186. The molecule has 0 saturated carbocycles. The number of nitrogens with zero attached hydrogens (tertiary/aromatic N) is 1. The van der Waals surface area contributed by atoms with Gasteiger partial charge in [0.25, 0.3) is 0 Å². The molecule has 0 fully saturated rings. The monoisotopic (exact) mass is 306 g/mol. The van der Waals surface area contributed by atoms with Crippen molar-refractivity contribution in [1.29, 1.82) is 0 Å². The number of carbonyl (C=O) groups excluding carboxylic acids is 2. The first-order chi connectivity index (χ1) is 11.1. The molecule has 0 aliphatic rings. The molecule has 0 aliphatic carbocycles. The number of hydrogen-bond donors (Lipinski definition) is 1. The third-order valence-corrected chi connectivity index (χ3v) is 3.22. The Kier molecular flexibility index (Phi) is 4.01. The number of hydrogen-bond acceptors (Lipinski definition) is 4. The van der Waals surface area contributed by atoms with E-state index in [9.17, 15) is 9.59 Å². The summed E-state index contributed by atoms with van der Waals surface area (Å²) >= 11 is 0. The van der Waals surface area contributed by atoms with Crippen molar-refractivity contribution in [3.05, 3.63) is 66.1 Å². The van der Waals surface area contributed by atoms with Crippen LogP contribution in [0, 0.1) is 0 Å². The van der Waals surface area contributed by atoms with Crippen molar-refractivity contribution in [2.45, 2.75) is 6.92 Å². The van der Waals surface area contributed by atoms with Crippen LogP contribution in [0.15, 0.2) is 59.0 Å². The highest BCUT2D eigenvalue weighted by molar-refractivity contribution is 6.03. The molecule has 1 N–H and O–H groups in total. The first-order valence-electron chi connectivity index (χ1n) is 7.07. The number of Topliss-reactive ketones (excluding diaryl/α,β-unsaturated/α-hetero) is 1. The number of oxazole rings is 1. The van der Waals surface area contributed by atoms with E-state index in [-0.39, 0.29) is 11.7 Å². The number of fused-ring (bicyclic) bond motifs is 1. The van der Waals surface area contributed by atoms with Crippen LogP contribution >= 0.6 is 0 Å². The smallest absolute Gasteiger partial charge is 0.248 e. The van der Waals surface area contributed by atoms with Crippen LogP contribution in [0.2, 0.25) is 0 Å². The predicted octanol–water partition coefficient (Wildman–Crippen LogP) is 3.68. The maximum absolute atomic E-state index is 11.9. The number of ketones is 1. The second-order valence-corrected chi connectivity index (χ2v) is 4.98. The number of carbonyl (C=O) groups is 2. The minimum atomic E-state index is -0.326. The Morgan fingerprint density at radius 1 is 1.13 bits per heavy atom. The average Bonchev–Trinajstić information content (AvgIpc) is 2.96. The van der Waals surface area contributed by atoms with Crippen LogP contribution < -0.4 is 5.32 Å². The number of anilines is 1. The Labute approximate surface area is 132 Å². The van der Waals surface area contributed by atoms with Gasteiger partial charge in [0.15, 0.2) is 11.4 Å². The van der Waals surface area contributed by atoms with Gasteiger partial charge in [0.2, 0.25) is 11.8 Å². The Morgan fingerprint density at radius 3 is 2.74 bits per heavy atom. The molecule has 2 aromatic carbocycles. The molecule has 1 aromatic heterocycles. The molecular weight excluding hydrogens is 292 g/mol. The molecule has 114 valence electrons. The van der Waals surface area contributed by atoms with Crippen molar-refractivity contribution >= 4 is 34.6 Å². The van der Waals surface area contributed by atoms with Gasteiger partial charge in [-0.05, 0) is 31.2 Å². The molecule has 0 saturated heterocycles. The SMILES string of the molecule is CC(=O)c1cccc(NC(=O)/C=C/c2nc3ccccc3o2)c1. The van der Waals surface area contributed by atoms with Crippen molar-refractivity contribution < 1.29 is 14.0 Å². The minimum Gasteiger partial charge on any atom is -0.437 e. The number of aromatic nitrogens is 1. The van der Waals surface area contributed by atoms with Crippen LogP contribution in [-0.4, -0.2) is 16.7 Å². The van der Waals surface area contributed by atoms with E-state index in [0.717, 1.165) is 5.52 Å². The zero-order valence-corrected chi connectivity index (χ0v) is 12.4. The van der Waals surface area contributed by atoms with Crippen LogP contribution in [0.5, 0.6) is 0 Å². The number of nitrogens with one attached hydrogen (secondary N) is 1. The van der Waals surface area contributed by atoms with Gasteiger partial charge in [-0.25, -0.2) is 4.98 Å². The largest absolute Gasteiger partial charge is 0.437 e. The lowest BCUT2D eigenvalue weighted by molar-refractivity contribution is -0.111. The van der Waals surface area contributed by atoms with Gasteiger partial charge in [-0.15, -0.1) is 0 Å². The van der Waals surface area contributed by atoms with Gasteiger partial charge in [-0.2, -0.15) is 0 Å². The van der Waals surface area contributed by atoms with Gasteiger partial charge < -0.3 is 9.73 Å². The van der Waals surface area contributed by atoms with E-state index in [1.807, 2.05) is 24.3 Å². The van der Waals surface area contributed by atoms with Gasteiger partial charge in [0.05, 0.1) is 0 Å². The minimum absolute atomic E-state index is 0.0527. The highest BCUT2D eigenvalue weighted by Gasteiger charge is 2.04. The van der Waals surface area contributed by atoms with Crippen LogP contribution in [0.1, 0.15) is 23.2 Å². The molecular formula is C18H14N2O3. The molecule has 5 heteroatoms. The van der Waals surface area contributed by atoms with Crippen molar-refractivity contribution in [3.63, 3.8) is 0 Å². The second-order valence-electron chi connectivity index (χ2n) is 4.98. The van der Waals surface area contributed by atoms with Gasteiger partial charge in [-0.1, -0.05) is 24.3 Å². The molecule has 0 spiro atoms. The Bertz CT molecular complexity index is 876. The summed E-state index contributed by atoms with van der Waals surface area (Å²) in [6.45, 7) is 1.48. The summed E-state index contributed by atoms with van der Waals surface area (Å²) in [7, 11) is 0. The van der Waals surface area contributed by atoms with Gasteiger partial charge in [0, 0.05) is 23.4 Å². The molecule has 0 atom stereocenters. The third kappa shape index (κ3) is 3.52. The Balaban J connectivity index is 1.71. The molecule has 23 heavy (non-hydrogen) atoms. The fourth-order valence-corrected chi connectivity index (χ4v) is 2.11. The standard InChI is InChI=1S/C18H14N2O3/c1-12(21)13-5-4-6-14(11-13)19-17(22)9-10-18-20-15-7-2-3-8-16(15)23-18/h2-11H,1H3,(H,19,22)/b10-9+. The van der Waals surface area contributed by atoms with Crippen molar-refractivity contribution in [2.24, 2.45) is 0 Å². The van der Waals surface area contributed by atoms with Gasteiger partial charge >= 0.3 is 0 Å². The molecule has 3 aromatic rings. The van der Waals surface area contributed by atoms with Crippen molar-refractivity contribution in [1.82, 2.24) is 4.98 Å². The number of benzene rings is 2. The summed E-state index contributed by atoms with van der Waals surface area (Å²) in [6.07, 6.45) is 2.84. The normalized spacial score (nSPS) is 11.0. The molecule has 0 unspecified atom stereocenters. The Hall–Kier alpha value is -3.21. The van der Waals surface area contributed by atoms with E-state index in [1.54, 1.807) is 24.3 Å². The van der Waals surface area contributed by atoms with Gasteiger partial charge in [-0.3, -0.25) is 9.59 Å². The molecule has 1 heterocycles. The Morgan fingerprint density at radius 2 is 1.96 bits per heavy atom. The maximum atomic E-state index is 11.9. The zero-order chi connectivity index (χ0) is 16.2. The molecule has 5 nitrogen and oxygen atoms in total. The van der Waals surface area contributed by atoms with Crippen LogP contribution in [-0.2, 0) is 4.79 Å². The molecule has 0 bridgehead atoms. The summed E-state index contributed by atoms with van der Waals surface area (Å²) in [5, 5.41) is 2.69. The lowest BCUT2D eigenvalue weighted by atomic mass is 10.1.